The molecule has 1 heterocycles. The first-order chi connectivity index (χ1) is 6.83. The highest BCUT2D eigenvalue weighted by atomic mass is 35.5. The highest BCUT2D eigenvalue weighted by Crippen LogP contribution is 2.34. The molecule has 3 heteroatoms. The van der Waals surface area contributed by atoms with Gasteiger partial charge in [-0.3, -0.25) is 4.79 Å². The molecule has 1 unspecified atom stereocenters. The normalized spacial score (nSPS) is 19.2. The zero-order valence-electron chi connectivity index (χ0n) is 7.79. The number of para-hydroxylation sites is 1. The molecular weight excluding hydrogens is 198 g/mol. The van der Waals surface area contributed by atoms with E-state index in [2.05, 4.69) is 5.32 Å². The van der Waals surface area contributed by atoms with E-state index >= 15 is 0 Å². The third-order valence-corrected chi connectivity index (χ3v) is 2.80. The summed E-state index contributed by atoms with van der Waals surface area (Å²) in [4.78, 5) is 11.6. The van der Waals surface area contributed by atoms with Gasteiger partial charge >= 0.3 is 0 Å². The molecule has 1 aromatic rings. The van der Waals surface area contributed by atoms with Crippen molar-refractivity contribution in [1.29, 1.82) is 0 Å². The third kappa shape index (κ3) is 1.62. The maximum Gasteiger partial charge on any atom is 0.232 e. The van der Waals surface area contributed by atoms with Crippen molar-refractivity contribution < 1.29 is 4.79 Å². The summed E-state index contributed by atoms with van der Waals surface area (Å²) in [7, 11) is 0. The Morgan fingerprint density at radius 2 is 2.14 bits per heavy atom. The summed E-state index contributed by atoms with van der Waals surface area (Å²) >= 11 is 5.62. The third-order valence-electron chi connectivity index (χ3n) is 2.54. The molecule has 0 aromatic heterocycles. The quantitative estimate of drug-likeness (QED) is 0.763. The molecule has 1 N–H and O–H groups in total. The monoisotopic (exact) mass is 209 g/mol. The molecule has 74 valence electrons. The molecule has 2 nitrogen and oxygen atoms in total. The van der Waals surface area contributed by atoms with E-state index < -0.39 is 0 Å². The van der Waals surface area contributed by atoms with E-state index in [4.69, 9.17) is 11.6 Å². The Kier molecular flexibility index (Phi) is 2.73. The lowest BCUT2D eigenvalue weighted by Crippen LogP contribution is -2.11. The minimum absolute atomic E-state index is 0.00458. The standard InChI is InChI=1S/C11H12ClNO/c12-7-3-5-9-8-4-1-2-6-10(8)13-11(9)14/h1-2,4,6,9H,3,5,7H2,(H,13,14). The fourth-order valence-corrected chi connectivity index (χ4v) is 2.00. The molecular formula is C11H12ClNO. The van der Waals surface area contributed by atoms with Crippen LogP contribution in [0.15, 0.2) is 24.3 Å². The van der Waals surface area contributed by atoms with Gasteiger partial charge < -0.3 is 5.32 Å². The first-order valence-corrected chi connectivity index (χ1v) is 5.32. The van der Waals surface area contributed by atoms with Gasteiger partial charge in [-0.25, -0.2) is 0 Å². The summed E-state index contributed by atoms with van der Waals surface area (Å²) in [5.41, 5.74) is 2.07. The topological polar surface area (TPSA) is 29.1 Å². The van der Waals surface area contributed by atoms with E-state index in [-0.39, 0.29) is 11.8 Å². The lowest BCUT2D eigenvalue weighted by atomic mass is 9.96. The zero-order chi connectivity index (χ0) is 9.97. The van der Waals surface area contributed by atoms with E-state index in [9.17, 15) is 4.79 Å². The van der Waals surface area contributed by atoms with Crippen molar-refractivity contribution in [3.05, 3.63) is 29.8 Å². The van der Waals surface area contributed by atoms with Crippen molar-refractivity contribution in [2.24, 2.45) is 0 Å². The first kappa shape index (κ1) is 9.53. The van der Waals surface area contributed by atoms with Gasteiger partial charge in [-0.15, -0.1) is 11.6 Å². The summed E-state index contributed by atoms with van der Waals surface area (Å²) < 4.78 is 0. The Morgan fingerprint density at radius 3 is 2.93 bits per heavy atom. The van der Waals surface area contributed by atoms with Gasteiger partial charge in [0.2, 0.25) is 5.91 Å². The average Bonchev–Trinajstić information content (AvgIpc) is 2.51. The average molecular weight is 210 g/mol. The van der Waals surface area contributed by atoms with Crippen molar-refractivity contribution in [3.8, 4) is 0 Å². The van der Waals surface area contributed by atoms with E-state index in [0.29, 0.717) is 5.88 Å². The molecule has 0 spiro atoms. The van der Waals surface area contributed by atoms with Crippen LogP contribution in [0, 0.1) is 0 Å². The van der Waals surface area contributed by atoms with Crippen LogP contribution in [-0.2, 0) is 4.79 Å². The highest BCUT2D eigenvalue weighted by molar-refractivity contribution is 6.17. The molecule has 1 aromatic carbocycles. The minimum Gasteiger partial charge on any atom is -0.325 e. The number of nitrogens with one attached hydrogen (secondary N) is 1. The number of benzene rings is 1. The van der Waals surface area contributed by atoms with Gasteiger partial charge in [0.05, 0.1) is 5.92 Å². The van der Waals surface area contributed by atoms with E-state index in [1.165, 1.54) is 0 Å². The molecule has 0 saturated heterocycles. The summed E-state index contributed by atoms with van der Waals surface area (Å²) in [5.74, 6) is 0.729. The number of halogens is 1. The minimum atomic E-state index is 0.00458. The second-order valence-electron chi connectivity index (χ2n) is 3.46. The van der Waals surface area contributed by atoms with Crippen molar-refractivity contribution in [2.45, 2.75) is 18.8 Å². The van der Waals surface area contributed by atoms with Crippen molar-refractivity contribution in [2.75, 3.05) is 11.2 Å². The summed E-state index contributed by atoms with van der Waals surface area (Å²) in [5, 5.41) is 2.87. The van der Waals surface area contributed by atoms with E-state index in [1.807, 2.05) is 24.3 Å². The molecule has 0 bridgehead atoms. The summed E-state index contributed by atoms with van der Waals surface area (Å²) in [6.45, 7) is 0. The Bertz CT molecular complexity index is 351. The Balaban J connectivity index is 2.21. The smallest absolute Gasteiger partial charge is 0.232 e. The molecule has 1 atom stereocenters. The Hall–Kier alpha value is -1.02. The SMILES string of the molecule is O=C1Nc2ccccc2C1CCCCl. The zero-order valence-corrected chi connectivity index (χ0v) is 8.55. The van der Waals surface area contributed by atoms with Crippen LogP contribution in [-0.4, -0.2) is 11.8 Å². The molecule has 0 aliphatic carbocycles. The van der Waals surface area contributed by atoms with Gasteiger partial charge in [-0.05, 0) is 24.5 Å². The molecule has 1 amide bonds. The number of alkyl halides is 1. The molecule has 0 fully saturated rings. The van der Waals surface area contributed by atoms with E-state index in [0.717, 1.165) is 24.1 Å². The van der Waals surface area contributed by atoms with Gasteiger partial charge in [0.15, 0.2) is 0 Å². The fourth-order valence-electron chi connectivity index (χ4n) is 1.84. The molecule has 14 heavy (non-hydrogen) atoms. The van der Waals surface area contributed by atoms with Gasteiger partial charge in [-0.2, -0.15) is 0 Å². The van der Waals surface area contributed by atoms with Crippen LogP contribution in [0.2, 0.25) is 0 Å². The number of carbonyl (C=O) groups is 1. The second kappa shape index (κ2) is 4.01. The maximum absolute atomic E-state index is 11.6. The van der Waals surface area contributed by atoms with Crippen LogP contribution in [0.5, 0.6) is 0 Å². The van der Waals surface area contributed by atoms with Crippen molar-refractivity contribution in [1.82, 2.24) is 0 Å². The van der Waals surface area contributed by atoms with Gasteiger partial charge in [-0.1, -0.05) is 18.2 Å². The number of hydrogen-bond donors (Lipinski definition) is 1. The van der Waals surface area contributed by atoms with Crippen molar-refractivity contribution in [3.63, 3.8) is 0 Å². The van der Waals surface area contributed by atoms with E-state index in [1.54, 1.807) is 0 Å². The van der Waals surface area contributed by atoms with Gasteiger partial charge in [0.1, 0.15) is 0 Å². The predicted molar refractivity (Wildman–Crippen MR) is 57.8 cm³/mol. The van der Waals surface area contributed by atoms with Gasteiger partial charge in [0.25, 0.3) is 0 Å². The molecule has 0 saturated carbocycles. The predicted octanol–water partition coefficient (Wildman–Crippen LogP) is 2.74. The summed E-state index contributed by atoms with van der Waals surface area (Å²) in [6.07, 6.45) is 1.72. The van der Waals surface area contributed by atoms with Crippen LogP contribution in [0.1, 0.15) is 24.3 Å². The number of hydrogen-bond acceptors (Lipinski definition) is 1. The second-order valence-corrected chi connectivity index (χ2v) is 3.84. The number of amides is 1. The molecule has 2 rings (SSSR count). The molecule has 1 aliphatic rings. The summed E-state index contributed by atoms with van der Waals surface area (Å²) in [6, 6.07) is 7.84. The molecule has 1 aliphatic heterocycles. The lowest BCUT2D eigenvalue weighted by molar-refractivity contribution is -0.117. The lowest BCUT2D eigenvalue weighted by Gasteiger charge is -2.06. The first-order valence-electron chi connectivity index (χ1n) is 4.78. The largest absolute Gasteiger partial charge is 0.325 e. The van der Waals surface area contributed by atoms with Crippen LogP contribution in [0.3, 0.4) is 0 Å². The van der Waals surface area contributed by atoms with Crippen molar-refractivity contribution >= 4 is 23.2 Å². The van der Waals surface area contributed by atoms with Crippen LogP contribution in [0.25, 0.3) is 0 Å². The van der Waals surface area contributed by atoms with Crippen LogP contribution < -0.4 is 5.32 Å². The Labute approximate surface area is 88.3 Å². The number of rotatable bonds is 3. The highest BCUT2D eigenvalue weighted by Gasteiger charge is 2.28. The fraction of sp³-hybridized carbons (Fsp3) is 0.364. The van der Waals surface area contributed by atoms with Crippen LogP contribution >= 0.6 is 11.6 Å². The number of fused-ring (bicyclic) bond motifs is 1. The number of anilines is 1. The number of carbonyl (C=O) groups excluding carboxylic acids is 1. The Morgan fingerprint density at radius 1 is 1.36 bits per heavy atom. The maximum atomic E-state index is 11.6. The van der Waals surface area contributed by atoms with Crippen LogP contribution in [0.4, 0.5) is 5.69 Å². The molecule has 0 radical (unpaired) electrons. The van der Waals surface area contributed by atoms with Gasteiger partial charge in [0, 0.05) is 11.6 Å².